The van der Waals surface area contributed by atoms with Gasteiger partial charge in [-0.2, -0.15) is 11.8 Å². The van der Waals surface area contributed by atoms with E-state index in [2.05, 4.69) is 17.4 Å². The Kier molecular flexibility index (Phi) is 9.08. The van der Waals surface area contributed by atoms with E-state index in [1.165, 1.54) is 11.1 Å². The Morgan fingerprint density at radius 2 is 1.71 bits per heavy atom. The van der Waals surface area contributed by atoms with Gasteiger partial charge in [0.2, 0.25) is 11.8 Å². The van der Waals surface area contributed by atoms with Gasteiger partial charge in [0, 0.05) is 31.0 Å². The van der Waals surface area contributed by atoms with E-state index < -0.39 is 6.04 Å². The monoisotopic (exact) mass is 398 g/mol. The van der Waals surface area contributed by atoms with Crippen LogP contribution in [0.2, 0.25) is 0 Å². The van der Waals surface area contributed by atoms with Crippen molar-refractivity contribution in [3.63, 3.8) is 0 Å². The molecule has 0 saturated carbocycles. The third kappa shape index (κ3) is 7.04. The number of aryl methyl sites for hydroxylation is 1. The van der Waals surface area contributed by atoms with Crippen molar-refractivity contribution in [2.75, 3.05) is 12.3 Å². The molecule has 1 atom stereocenters. The van der Waals surface area contributed by atoms with Crippen LogP contribution in [0.5, 0.6) is 0 Å². The normalized spacial score (nSPS) is 11.7. The highest BCUT2D eigenvalue weighted by Crippen LogP contribution is 2.16. The number of rotatable bonds is 10. The smallest absolute Gasteiger partial charge is 0.242 e. The number of amides is 2. The summed E-state index contributed by atoms with van der Waals surface area (Å²) < 4.78 is 0. The summed E-state index contributed by atoms with van der Waals surface area (Å²) in [4.78, 5) is 26.9. The molecule has 1 N–H and O–H groups in total. The van der Waals surface area contributed by atoms with Crippen molar-refractivity contribution in [1.29, 1.82) is 0 Å². The molecule has 2 amide bonds. The van der Waals surface area contributed by atoms with Gasteiger partial charge in [-0.1, -0.05) is 60.2 Å². The zero-order valence-electron chi connectivity index (χ0n) is 17.0. The van der Waals surface area contributed by atoms with Gasteiger partial charge in [0.05, 0.1) is 0 Å². The molecular formula is C23H30N2O2S. The predicted octanol–water partition coefficient (Wildman–Crippen LogP) is 4.17. The second kappa shape index (κ2) is 11.5. The van der Waals surface area contributed by atoms with Crippen molar-refractivity contribution in [1.82, 2.24) is 10.2 Å². The quantitative estimate of drug-likeness (QED) is 0.611. The Morgan fingerprint density at radius 3 is 2.36 bits per heavy atom. The molecule has 2 aromatic rings. The molecule has 28 heavy (non-hydrogen) atoms. The largest absolute Gasteiger partial charge is 0.355 e. The molecule has 4 nitrogen and oxygen atoms in total. The minimum absolute atomic E-state index is 0.0138. The molecule has 2 rings (SSSR count). The molecule has 1 unspecified atom stereocenters. The van der Waals surface area contributed by atoms with E-state index in [1.807, 2.05) is 56.3 Å². The molecule has 0 saturated heterocycles. The molecule has 0 aromatic heterocycles. The second-order valence-electron chi connectivity index (χ2n) is 6.87. The summed E-state index contributed by atoms with van der Waals surface area (Å²) in [7, 11) is 0. The van der Waals surface area contributed by atoms with Gasteiger partial charge in [0.15, 0.2) is 0 Å². The topological polar surface area (TPSA) is 49.4 Å². The minimum Gasteiger partial charge on any atom is -0.355 e. The highest BCUT2D eigenvalue weighted by atomic mass is 32.2. The third-order valence-electron chi connectivity index (χ3n) is 4.56. The fourth-order valence-electron chi connectivity index (χ4n) is 2.86. The summed E-state index contributed by atoms with van der Waals surface area (Å²) in [6, 6.07) is 17.8. The molecule has 0 aliphatic heterocycles. The van der Waals surface area contributed by atoms with Gasteiger partial charge in [-0.15, -0.1) is 0 Å². The van der Waals surface area contributed by atoms with Gasteiger partial charge in [0.1, 0.15) is 6.04 Å². The molecular weight excluding hydrogens is 368 g/mol. The minimum atomic E-state index is -0.493. The molecule has 0 spiro atoms. The summed E-state index contributed by atoms with van der Waals surface area (Å²) in [6.45, 7) is 6.72. The first-order valence-electron chi connectivity index (χ1n) is 9.75. The molecule has 5 heteroatoms. The molecule has 0 radical (unpaired) electrons. The van der Waals surface area contributed by atoms with Gasteiger partial charge >= 0.3 is 0 Å². The van der Waals surface area contributed by atoms with Gasteiger partial charge in [-0.3, -0.25) is 9.59 Å². The van der Waals surface area contributed by atoms with Crippen LogP contribution in [0.25, 0.3) is 0 Å². The maximum Gasteiger partial charge on any atom is 0.242 e. The first-order valence-corrected chi connectivity index (χ1v) is 10.9. The summed E-state index contributed by atoms with van der Waals surface area (Å²) in [6.07, 6.45) is 0.424. The van der Waals surface area contributed by atoms with Crippen LogP contribution in [-0.2, 0) is 21.9 Å². The van der Waals surface area contributed by atoms with Crippen molar-refractivity contribution < 1.29 is 9.59 Å². The predicted molar refractivity (Wildman–Crippen MR) is 117 cm³/mol. The first kappa shape index (κ1) is 22.0. The molecule has 0 aliphatic rings. The number of benzene rings is 2. The fraction of sp³-hybridized carbons (Fsp3) is 0.391. The fourth-order valence-corrected chi connectivity index (χ4v) is 3.75. The average molecular weight is 399 g/mol. The molecule has 0 heterocycles. The van der Waals surface area contributed by atoms with Crippen molar-refractivity contribution in [3.05, 3.63) is 71.3 Å². The van der Waals surface area contributed by atoms with Crippen LogP contribution in [0.4, 0.5) is 0 Å². The lowest BCUT2D eigenvalue weighted by molar-refractivity contribution is -0.140. The number of carbonyl (C=O) groups is 2. The number of hydrogen-bond acceptors (Lipinski definition) is 3. The van der Waals surface area contributed by atoms with E-state index in [4.69, 9.17) is 0 Å². The van der Waals surface area contributed by atoms with Gasteiger partial charge < -0.3 is 10.2 Å². The number of nitrogens with zero attached hydrogens (tertiary/aromatic N) is 1. The van der Waals surface area contributed by atoms with Gasteiger partial charge in [-0.25, -0.2) is 0 Å². The Labute approximate surface area is 172 Å². The van der Waals surface area contributed by atoms with E-state index in [0.29, 0.717) is 19.5 Å². The number of thioether (sulfide) groups is 1. The van der Waals surface area contributed by atoms with Crippen LogP contribution in [0.1, 0.15) is 37.0 Å². The van der Waals surface area contributed by atoms with Crippen LogP contribution < -0.4 is 5.32 Å². The Hall–Kier alpha value is -2.27. The highest BCUT2D eigenvalue weighted by Gasteiger charge is 2.25. The zero-order valence-corrected chi connectivity index (χ0v) is 17.8. The maximum absolute atomic E-state index is 12.9. The Morgan fingerprint density at radius 1 is 1.04 bits per heavy atom. The summed E-state index contributed by atoms with van der Waals surface area (Å²) in [5.74, 6) is 1.53. The highest BCUT2D eigenvalue weighted by molar-refractivity contribution is 7.98. The number of carbonyl (C=O) groups excluding carboxylic acids is 2. The standard InChI is InChI=1S/C23H30N2O2S/c1-4-24-23(27)19(3)25(16-20-12-10-18(2)11-13-20)22(26)14-15-28-17-21-8-6-5-7-9-21/h5-13,19H,4,14-17H2,1-3H3,(H,24,27). The molecule has 0 bridgehead atoms. The van der Waals surface area contributed by atoms with Crippen LogP contribution in [0.3, 0.4) is 0 Å². The van der Waals surface area contributed by atoms with Gasteiger partial charge in [-0.05, 0) is 31.9 Å². The van der Waals surface area contributed by atoms with E-state index in [0.717, 1.165) is 17.1 Å². The van der Waals surface area contributed by atoms with E-state index >= 15 is 0 Å². The number of likely N-dealkylation sites (N-methyl/N-ethyl adjacent to an activating group) is 1. The van der Waals surface area contributed by atoms with Crippen LogP contribution in [0, 0.1) is 6.92 Å². The van der Waals surface area contributed by atoms with Crippen molar-refractivity contribution in [2.45, 2.75) is 45.5 Å². The molecule has 2 aromatic carbocycles. The van der Waals surface area contributed by atoms with E-state index in [1.54, 1.807) is 23.6 Å². The van der Waals surface area contributed by atoms with Crippen LogP contribution in [0.15, 0.2) is 54.6 Å². The summed E-state index contributed by atoms with van der Waals surface area (Å²) in [5.41, 5.74) is 3.47. The third-order valence-corrected chi connectivity index (χ3v) is 5.59. The summed E-state index contributed by atoms with van der Waals surface area (Å²) >= 11 is 1.74. The van der Waals surface area contributed by atoms with E-state index in [-0.39, 0.29) is 11.8 Å². The first-order chi connectivity index (χ1) is 13.5. The number of nitrogens with one attached hydrogen (secondary N) is 1. The summed E-state index contributed by atoms with van der Waals surface area (Å²) in [5, 5.41) is 2.83. The molecule has 0 aliphatic carbocycles. The average Bonchev–Trinajstić information content (AvgIpc) is 2.71. The molecule has 150 valence electrons. The lowest BCUT2D eigenvalue weighted by atomic mass is 10.1. The van der Waals surface area contributed by atoms with Crippen LogP contribution in [-0.4, -0.2) is 35.1 Å². The maximum atomic E-state index is 12.9. The second-order valence-corrected chi connectivity index (χ2v) is 7.97. The van der Waals surface area contributed by atoms with Crippen LogP contribution >= 0.6 is 11.8 Å². The SMILES string of the molecule is CCNC(=O)C(C)N(Cc1ccc(C)cc1)C(=O)CCSCc1ccccc1. The van der Waals surface area contributed by atoms with Crippen molar-refractivity contribution >= 4 is 23.6 Å². The zero-order chi connectivity index (χ0) is 20.4. The van der Waals surface area contributed by atoms with Crippen molar-refractivity contribution in [2.24, 2.45) is 0 Å². The van der Waals surface area contributed by atoms with Gasteiger partial charge in [0.25, 0.3) is 0 Å². The van der Waals surface area contributed by atoms with Crippen molar-refractivity contribution in [3.8, 4) is 0 Å². The Balaban J connectivity index is 1.96. The lowest BCUT2D eigenvalue weighted by Crippen LogP contribution is -2.47. The Bertz CT molecular complexity index is 747. The lowest BCUT2D eigenvalue weighted by Gasteiger charge is -2.28. The number of hydrogen-bond donors (Lipinski definition) is 1. The molecule has 0 fully saturated rings. The van der Waals surface area contributed by atoms with E-state index in [9.17, 15) is 9.59 Å².